The molecule has 6 heteroatoms. The minimum atomic E-state index is 0.418. The molecule has 0 saturated heterocycles. The fourth-order valence-corrected chi connectivity index (χ4v) is 2.27. The second-order valence-electron chi connectivity index (χ2n) is 3.59. The van der Waals surface area contributed by atoms with E-state index in [4.69, 9.17) is 12.2 Å². The number of hydrogen-bond donors (Lipinski definition) is 1. The lowest BCUT2D eigenvalue weighted by Gasteiger charge is -2.03. The Morgan fingerprint density at radius 3 is 2.65 bits per heavy atom. The Bertz CT molecular complexity index is 746. The van der Waals surface area contributed by atoms with Gasteiger partial charge in [-0.25, -0.2) is 4.68 Å². The average molecular weight is 307 g/mol. The maximum Gasteiger partial charge on any atom is 0.242 e. The van der Waals surface area contributed by atoms with Crippen molar-refractivity contribution in [1.29, 1.82) is 0 Å². The molecule has 17 heavy (non-hydrogen) atoms. The van der Waals surface area contributed by atoms with Gasteiger partial charge in [-0.15, -0.1) is 0 Å². The third-order valence-corrected chi connectivity index (χ3v) is 3.27. The van der Waals surface area contributed by atoms with Gasteiger partial charge < -0.3 is 0 Å². The quantitative estimate of drug-likeness (QED) is 0.702. The Kier molecular flexibility index (Phi) is 2.53. The van der Waals surface area contributed by atoms with Crippen LogP contribution in [0, 0.1) is 4.77 Å². The molecule has 84 valence electrons. The molecule has 1 heterocycles. The first kappa shape index (κ1) is 10.6. The zero-order valence-electron chi connectivity index (χ0n) is 8.59. The highest BCUT2D eigenvalue weighted by molar-refractivity contribution is 9.10. The summed E-state index contributed by atoms with van der Waals surface area (Å²) in [5.74, 6) is 0. The van der Waals surface area contributed by atoms with Gasteiger partial charge in [0.05, 0.1) is 5.69 Å². The molecule has 0 saturated carbocycles. The van der Waals surface area contributed by atoms with Gasteiger partial charge in [0, 0.05) is 4.47 Å². The number of rotatable bonds is 1. The van der Waals surface area contributed by atoms with Crippen LogP contribution in [0.5, 0.6) is 0 Å². The Hall–Kier alpha value is -1.53. The zero-order chi connectivity index (χ0) is 11.8. The van der Waals surface area contributed by atoms with Crippen LogP contribution < -0.4 is 0 Å². The maximum atomic E-state index is 5.06. The molecule has 3 rings (SSSR count). The number of aromatic amines is 1. The highest BCUT2D eigenvalue weighted by Gasteiger charge is 2.01. The fourth-order valence-electron chi connectivity index (χ4n) is 1.71. The van der Waals surface area contributed by atoms with Crippen molar-refractivity contribution >= 4 is 38.9 Å². The first-order valence-electron chi connectivity index (χ1n) is 4.94. The Labute approximate surface area is 110 Å². The Morgan fingerprint density at radius 1 is 1.12 bits per heavy atom. The van der Waals surface area contributed by atoms with Crippen LogP contribution in [0.2, 0.25) is 0 Å². The number of H-pyrrole nitrogens is 1. The highest BCUT2D eigenvalue weighted by Crippen LogP contribution is 2.22. The molecule has 0 aliphatic rings. The molecule has 0 amide bonds. The van der Waals surface area contributed by atoms with Crippen molar-refractivity contribution in [2.24, 2.45) is 0 Å². The molecule has 0 fully saturated rings. The van der Waals surface area contributed by atoms with E-state index in [2.05, 4.69) is 43.6 Å². The van der Waals surface area contributed by atoms with E-state index in [0.717, 1.165) is 15.5 Å². The van der Waals surface area contributed by atoms with E-state index in [0.29, 0.717) is 4.77 Å². The molecule has 0 radical (unpaired) electrons. The van der Waals surface area contributed by atoms with Gasteiger partial charge in [0.2, 0.25) is 4.77 Å². The summed E-state index contributed by atoms with van der Waals surface area (Å²) in [4.78, 5) is 0. The molecule has 0 aliphatic heterocycles. The summed E-state index contributed by atoms with van der Waals surface area (Å²) < 4.78 is 3.15. The van der Waals surface area contributed by atoms with Crippen molar-refractivity contribution in [2.45, 2.75) is 0 Å². The van der Waals surface area contributed by atoms with Crippen LogP contribution >= 0.6 is 28.1 Å². The maximum absolute atomic E-state index is 5.06. The topological polar surface area (TPSA) is 46.5 Å². The monoisotopic (exact) mass is 306 g/mol. The first-order chi connectivity index (χ1) is 8.24. The van der Waals surface area contributed by atoms with Crippen LogP contribution in [0.1, 0.15) is 0 Å². The summed E-state index contributed by atoms with van der Waals surface area (Å²) in [6.07, 6.45) is 0. The Balaban J connectivity index is 2.24. The molecule has 3 aromatic rings. The van der Waals surface area contributed by atoms with E-state index in [1.165, 1.54) is 5.39 Å². The molecular formula is C11H7BrN4S. The minimum Gasteiger partial charge on any atom is -0.210 e. The summed E-state index contributed by atoms with van der Waals surface area (Å²) in [6.45, 7) is 0. The molecule has 2 aromatic carbocycles. The van der Waals surface area contributed by atoms with E-state index < -0.39 is 0 Å². The predicted octanol–water partition coefficient (Wildman–Crippen LogP) is 3.24. The predicted molar refractivity (Wildman–Crippen MR) is 71.7 cm³/mol. The Morgan fingerprint density at radius 2 is 1.88 bits per heavy atom. The lowest BCUT2D eigenvalue weighted by atomic mass is 10.1. The largest absolute Gasteiger partial charge is 0.242 e. The number of benzene rings is 2. The van der Waals surface area contributed by atoms with Crippen molar-refractivity contribution in [1.82, 2.24) is 20.2 Å². The number of nitrogens with one attached hydrogen (secondary N) is 1. The van der Waals surface area contributed by atoms with E-state index in [1.807, 2.05) is 24.3 Å². The van der Waals surface area contributed by atoms with E-state index in [9.17, 15) is 0 Å². The van der Waals surface area contributed by atoms with Gasteiger partial charge in [0.1, 0.15) is 0 Å². The van der Waals surface area contributed by atoms with Crippen molar-refractivity contribution in [3.8, 4) is 5.69 Å². The van der Waals surface area contributed by atoms with E-state index in [1.54, 1.807) is 4.68 Å². The van der Waals surface area contributed by atoms with Crippen molar-refractivity contribution in [3.05, 3.63) is 45.6 Å². The average Bonchev–Trinajstić information content (AvgIpc) is 2.75. The lowest BCUT2D eigenvalue weighted by Crippen LogP contribution is -1.96. The van der Waals surface area contributed by atoms with Crippen LogP contribution in [0.25, 0.3) is 16.5 Å². The first-order valence-corrected chi connectivity index (χ1v) is 6.14. The molecule has 4 nitrogen and oxygen atoms in total. The minimum absolute atomic E-state index is 0.418. The van der Waals surface area contributed by atoms with E-state index >= 15 is 0 Å². The summed E-state index contributed by atoms with van der Waals surface area (Å²) >= 11 is 8.51. The zero-order valence-corrected chi connectivity index (χ0v) is 11.0. The van der Waals surface area contributed by atoms with Crippen LogP contribution in [-0.4, -0.2) is 20.2 Å². The van der Waals surface area contributed by atoms with Crippen LogP contribution in [-0.2, 0) is 0 Å². The number of aromatic nitrogens is 4. The van der Waals surface area contributed by atoms with Gasteiger partial charge in [0.25, 0.3) is 0 Å². The lowest BCUT2D eigenvalue weighted by molar-refractivity contribution is 0.787. The third kappa shape index (κ3) is 1.89. The molecule has 0 spiro atoms. The number of halogens is 1. The van der Waals surface area contributed by atoms with Crippen molar-refractivity contribution < 1.29 is 0 Å². The normalized spacial score (nSPS) is 10.9. The number of nitrogens with zero attached hydrogens (tertiary/aromatic N) is 3. The summed E-state index contributed by atoms with van der Waals surface area (Å²) in [5, 5.41) is 12.5. The highest BCUT2D eigenvalue weighted by atomic mass is 79.9. The molecule has 1 aromatic heterocycles. The van der Waals surface area contributed by atoms with Crippen LogP contribution in [0.4, 0.5) is 0 Å². The fraction of sp³-hybridized carbons (Fsp3) is 0. The second kappa shape index (κ2) is 4.05. The SMILES string of the molecule is S=c1nn[nH]n1-c1ccc2cc(Br)ccc2c1. The second-order valence-corrected chi connectivity index (χ2v) is 4.87. The van der Waals surface area contributed by atoms with Crippen LogP contribution in [0.3, 0.4) is 0 Å². The van der Waals surface area contributed by atoms with Crippen LogP contribution in [0.15, 0.2) is 40.9 Å². The number of fused-ring (bicyclic) bond motifs is 1. The van der Waals surface area contributed by atoms with Crippen molar-refractivity contribution in [3.63, 3.8) is 0 Å². The third-order valence-electron chi connectivity index (χ3n) is 2.52. The van der Waals surface area contributed by atoms with Gasteiger partial charge in [-0.1, -0.05) is 38.4 Å². The standard InChI is InChI=1S/C11H7BrN4S/c12-9-3-1-8-6-10(4-2-7(8)5-9)16-11(17)13-14-15-16/h1-6H,(H,13,15,17). The molecule has 1 N–H and O–H groups in total. The molecule has 0 bridgehead atoms. The number of tetrazole rings is 1. The summed E-state index contributed by atoms with van der Waals surface area (Å²) in [5.41, 5.74) is 0.926. The molecule has 0 aliphatic carbocycles. The molecule has 0 atom stereocenters. The van der Waals surface area contributed by atoms with Crippen molar-refractivity contribution in [2.75, 3.05) is 0 Å². The molecule has 0 unspecified atom stereocenters. The smallest absolute Gasteiger partial charge is 0.210 e. The van der Waals surface area contributed by atoms with Gasteiger partial charge in [-0.05, 0) is 47.3 Å². The summed E-state index contributed by atoms with van der Waals surface area (Å²) in [6, 6.07) is 12.2. The summed E-state index contributed by atoms with van der Waals surface area (Å²) in [7, 11) is 0. The van der Waals surface area contributed by atoms with Gasteiger partial charge in [-0.3, -0.25) is 0 Å². The number of hydrogen-bond acceptors (Lipinski definition) is 3. The van der Waals surface area contributed by atoms with Gasteiger partial charge in [0.15, 0.2) is 0 Å². The van der Waals surface area contributed by atoms with Gasteiger partial charge in [-0.2, -0.15) is 5.21 Å². The van der Waals surface area contributed by atoms with Gasteiger partial charge >= 0.3 is 0 Å². The van der Waals surface area contributed by atoms with E-state index in [-0.39, 0.29) is 0 Å². The molecular weight excluding hydrogens is 300 g/mol.